The van der Waals surface area contributed by atoms with Gasteiger partial charge in [-0.2, -0.15) is 0 Å². The van der Waals surface area contributed by atoms with Gasteiger partial charge >= 0.3 is 0 Å². The molecule has 0 amide bonds. The zero-order valence-corrected chi connectivity index (χ0v) is 10.2. The van der Waals surface area contributed by atoms with Crippen LogP contribution in [0.25, 0.3) is 0 Å². The van der Waals surface area contributed by atoms with Crippen LogP contribution in [-0.2, 0) is 6.54 Å². The van der Waals surface area contributed by atoms with Gasteiger partial charge in [-0.1, -0.05) is 30.3 Å². The van der Waals surface area contributed by atoms with E-state index in [2.05, 4.69) is 17.1 Å². The van der Waals surface area contributed by atoms with Crippen LogP contribution < -0.4 is 10.6 Å². The number of aliphatic hydroxyl groups excluding tert-OH is 1. The first-order valence-corrected chi connectivity index (χ1v) is 5.91. The molecule has 0 aliphatic heterocycles. The molecule has 0 saturated carbocycles. The Morgan fingerprint density at radius 2 is 1.94 bits per heavy atom. The van der Waals surface area contributed by atoms with Gasteiger partial charge in [0.25, 0.3) is 0 Å². The molecule has 0 spiro atoms. The van der Waals surface area contributed by atoms with Crippen molar-refractivity contribution in [3.63, 3.8) is 0 Å². The summed E-state index contributed by atoms with van der Waals surface area (Å²) in [5, 5.41) is 9.14. The number of rotatable bonds is 5. The van der Waals surface area contributed by atoms with Crippen molar-refractivity contribution in [3.8, 4) is 0 Å². The van der Waals surface area contributed by atoms with Crippen LogP contribution in [0.5, 0.6) is 0 Å². The standard InChI is InChI=1S/C14H17N3O/c15-13-6-7-16-14(10-13)17(8-9-18)11-12-4-2-1-3-5-12/h1-7,10,18H,8-9,11H2,(H2,15,16). The lowest BCUT2D eigenvalue weighted by molar-refractivity contribution is 0.301. The highest BCUT2D eigenvalue weighted by atomic mass is 16.3. The van der Waals surface area contributed by atoms with Crippen molar-refractivity contribution in [1.82, 2.24) is 4.98 Å². The van der Waals surface area contributed by atoms with Gasteiger partial charge in [-0.05, 0) is 11.6 Å². The maximum absolute atomic E-state index is 9.14. The molecule has 0 saturated heterocycles. The number of aromatic nitrogens is 1. The molecule has 2 rings (SSSR count). The minimum absolute atomic E-state index is 0.0866. The molecular formula is C14H17N3O. The highest BCUT2D eigenvalue weighted by molar-refractivity contribution is 5.50. The molecular weight excluding hydrogens is 226 g/mol. The van der Waals surface area contributed by atoms with Crippen LogP contribution in [0.15, 0.2) is 48.7 Å². The number of anilines is 2. The third-order valence-corrected chi connectivity index (χ3v) is 2.68. The molecule has 4 nitrogen and oxygen atoms in total. The Hall–Kier alpha value is -2.07. The Labute approximate surface area is 107 Å². The highest BCUT2D eigenvalue weighted by Gasteiger charge is 2.08. The van der Waals surface area contributed by atoms with Gasteiger partial charge < -0.3 is 15.7 Å². The van der Waals surface area contributed by atoms with Gasteiger partial charge in [0.2, 0.25) is 0 Å². The van der Waals surface area contributed by atoms with Crippen molar-refractivity contribution in [3.05, 3.63) is 54.2 Å². The van der Waals surface area contributed by atoms with Crippen LogP contribution in [0.1, 0.15) is 5.56 Å². The summed E-state index contributed by atoms with van der Waals surface area (Å²) in [4.78, 5) is 6.30. The van der Waals surface area contributed by atoms with Gasteiger partial charge in [-0.15, -0.1) is 0 Å². The number of pyridine rings is 1. The zero-order chi connectivity index (χ0) is 12.8. The Bertz CT molecular complexity index is 487. The van der Waals surface area contributed by atoms with Crippen LogP contribution in [-0.4, -0.2) is 23.2 Å². The van der Waals surface area contributed by atoms with E-state index in [4.69, 9.17) is 10.8 Å². The van der Waals surface area contributed by atoms with E-state index in [0.717, 1.165) is 5.82 Å². The fourth-order valence-electron chi connectivity index (χ4n) is 1.81. The molecule has 1 heterocycles. The summed E-state index contributed by atoms with van der Waals surface area (Å²) in [6.45, 7) is 1.33. The van der Waals surface area contributed by atoms with Crippen molar-refractivity contribution < 1.29 is 5.11 Å². The van der Waals surface area contributed by atoms with E-state index < -0.39 is 0 Å². The van der Waals surface area contributed by atoms with Crippen molar-refractivity contribution in [1.29, 1.82) is 0 Å². The maximum atomic E-state index is 9.14. The van der Waals surface area contributed by atoms with Gasteiger partial charge in [0.05, 0.1) is 6.61 Å². The lowest BCUT2D eigenvalue weighted by atomic mass is 10.2. The minimum atomic E-state index is 0.0866. The molecule has 0 radical (unpaired) electrons. The summed E-state index contributed by atoms with van der Waals surface area (Å²) < 4.78 is 0. The maximum Gasteiger partial charge on any atom is 0.130 e. The second kappa shape index (κ2) is 6.02. The average molecular weight is 243 g/mol. The summed E-state index contributed by atoms with van der Waals surface area (Å²) in [7, 11) is 0. The molecule has 4 heteroatoms. The zero-order valence-electron chi connectivity index (χ0n) is 10.2. The SMILES string of the molecule is Nc1ccnc(N(CCO)Cc2ccccc2)c1. The second-order valence-corrected chi connectivity index (χ2v) is 4.08. The van der Waals surface area contributed by atoms with Crippen LogP contribution in [0.2, 0.25) is 0 Å². The molecule has 1 aromatic heterocycles. The van der Waals surface area contributed by atoms with Gasteiger partial charge in [0, 0.05) is 31.0 Å². The molecule has 0 atom stereocenters. The third kappa shape index (κ3) is 3.21. The number of nitrogen functional groups attached to an aromatic ring is 1. The van der Waals surface area contributed by atoms with Crippen LogP contribution >= 0.6 is 0 Å². The van der Waals surface area contributed by atoms with Gasteiger partial charge in [0.15, 0.2) is 0 Å². The Balaban J connectivity index is 2.18. The summed E-state index contributed by atoms with van der Waals surface area (Å²) in [5.74, 6) is 0.785. The monoisotopic (exact) mass is 243 g/mol. The normalized spacial score (nSPS) is 10.3. The van der Waals surface area contributed by atoms with Crippen molar-refractivity contribution in [2.24, 2.45) is 0 Å². The number of nitrogens with zero attached hydrogens (tertiary/aromatic N) is 2. The van der Waals surface area contributed by atoms with Crippen molar-refractivity contribution in [2.45, 2.75) is 6.54 Å². The van der Waals surface area contributed by atoms with E-state index >= 15 is 0 Å². The summed E-state index contributed by atoms with van der Waals surface area (Å²) in [6.07, 6.45) is 1.68. The number of aliphatic hydroxyl groups is 1. The van der Waals surface area contributed by atoms with Crippen LogP contribution in [0, 0.1) is 0 Å². The molecule has 0 unspecified atom stereocenters. The van der Waals surface area contributed by atoms with Crippen LogP contribution in [0.3, 0.4) is 0 Å². The molecule has 3 N–H and O–H groups in total. The predicted molar refractivity (Wildman–Crippen MR) is 73.2 cm³/mol. The Kier molecular flexibility index (Phi) is 4.15. The lowest BCUT2D eigenvalue weighted by Crippen LogP contribution is -2.27. The summed E-state index contributed by atoms with van der Waals surface area (Å²) in [6, 6.07) is 13.7. The average Bonchev–Trinajstić information content (AvgIpc) is 2.39. The smallest absolute Gasteiger partial charge is 0.130 e. The van der Waals surface area contributed by atoms with E-state index in [1.165, 1.54) is 5.56 Å². The van der Waals surface area contributed by atoms with E-state index in [0.29, 0.717) is 18.8 Å². The molecule has 0 aliphatic carbocycles. The van der Waals surface area contributed by atoms with Crippen LogP contribution in [0.4, 0.5) is 11.5 Å². The number of hydrogen-bond donors (Lipinski definition) is 2. The lowest BCUT2D eigenvalue weighted by Gasteiger charge is -2.23. The second-order valence-electron chi connectivity index (χ2n) is 4.08. The molecule has 1 aromatic carbocycles. The predicted octanol–water partition coefficient (Wildman–Crippen LogP) is 1.66. The fourth-order valence-corrected chi connectivity index (χ4v) is 1.81. The number of nitrogens with two attached hydrogens (primary N) is 1. The topological polar surface area (TPSA) is 62.4 Å². The quantitative estimate of drug-likeness (QED) is 0.838. The van der Waals surface area contributed by atoms with E-state index in [-0.39, 0.29) is 6.61 Å². The van der Waals surface area contributed by atoms with Gasteiger partial charge in [-0.3, -0.25) is 0 Å². The summed E-state index contributed by atoms with van der Waals surface area (Å²) >= 11 is 0. The van der Waals surface area contributed by atoms with E-state index in [9.17, 15) is 0 Å². The van der Waals surface area contributed by atoms with Crippen molar-refractivity contribution in [2.75, 3.05) is 23.8 Å². The fraction of sp³-hybridized carbons (Fsp3) is 0.214. The molecule has 0 fully saturated rings. The number of benzene rings is 1. The Morgan fingerprint density at radius 3 is 2.61 bits per heavy atom. The van der Waals surface area contributed by atoms with Gasteiger partial charge in [0.1, 0.15) is 5.82 Å². The Morgan fingerprint density at radius 1 is 1.17 bits per heavy atom. The summed E-state index contributed by atoms with van der Waals surface area (Å²) in [5.41, 5.74) is 7.61. The first-order chi connectivity index (χ1) is 8.79. The first-order valence-electron chi connectivity index (χ1n) is 5.91. The molecule has 94 valence electrons. The number of hydrogen-bond acceptors (Lipinski definition) is 4. The van der Waals surface area contributed by atoms with Gasteiger partial charge in [-0.25, -0.2) is 4.98 Å². The third-order valence-electron chi connectivity index (χ3n) is 2.68. The largest absolute Gasteiger partial charge is 0.399 e. The first kappa shape index (κ1) is 12.4. The minimum Gasteiger partial charge on any atom is -0.399 e. The molecule has 2 aromatic rings. The molecule has 18 heavy (non-hydrogen) atoms. The van der Waals surface area contributed by atoms with Crippen molar-refractivity contribution >= 4 is 11.5 Å². The van der Waals surface area contributed by atoms with E-state index in [1.54, 1.807) is 12.3 Å². The molecule has 0 bridgehead atoms. The molecule has 0 aliphatic rings. The highest BCUT2D eigenvalue weighted by Crippen LogP contribution is 2.16. The van der Waals surface area contributed by atoms with E-state index in [1.807, 2.05) is 29.2 Å².